The molecule has 3 heterocycles. The van der Waals surface area contributed by atoms with E-state index in [1.165, 1.54) is 4.88 Å². The molecule has 0 atom stereocenters. The standard InChI is InChI=1S/C15H22N2O2S2/c18-14(15(19)3-10-20-11-4-15)17-7-5-16(6-8-17)12-13-2-1-9-21-13/h1-2,9,19H,3-8,10-12H2. The van der Waals surface area contributed by atoms with Gasteiger partial charge in [-0.3, -0.25) is 9.69 Å². The van der Waals surface area contributed by atoms with Gasteiger partial charge in [0.25, 0.3) is 5.91 Å². The SMILES string of the molecule is O=C(N1CCN(Cc2cccs2)CC1)C1(O)CCSCC1. The summed E-state index contributed by atoms with van der Waals surface area (Å²) < 4.78 is 0. The lowest BCUT2D eigenvalue weighted by Gasteiger charge is -2.40. The summed E-state index contributed by atoms with van der Waals surface area (Å²) in [5, 5.41) is 12.7. The van der Waals surface area contributed by atoms with Crippen LogP contribution in [0.25, 0.3) is 0 Å². The molecule has 3 rings (SSSR count). The van der Waals surface area contributed by atoms with Crippen molar-refractivity contribution >= 4 is 29.0 Å². The van der Waals surface area contributed by atoms with Gasteiger partial charge in [0.15, 0.2) is 0 Å². The van der Waals surface area contributed by atoms with Crippen LogP contribution in [0, 0.1) is 0 Å². The highest BCUT2D eigenvalue weighted by molar-refractivity contribution is 7.99. The zero-order valence-electron chi connectivity index (χ0n) is 12.2. The number of amides is 1. The smallest absolute Gasteiger partial charge is 0.254 e. The molecule has 0 unspecified atom stereocenters. The predicted molar refractivity (Wildman–Crippen MR) is 87.7 cm³/mol. The Kier molecular flexibility index (Phi) is 4.88. The number of carbonyl (C=O) groups is 1. The van der Waals surface area contributed by atoms with Crippen LogP contribution in [0.4, 0.5) is 0 Å². The first-order valence-electron chi connectivity index (χ1n) is 7.52. The van der Waals surface area contributed by atoms with E-state index in [1.54, 1.807) is 11.3 Å². The van der Waals surface area contributed by atoms with Gasteiger partial charge in [-0.1, -0.05) is 6.07 Å². The molecular formula is C15H22N2O2S2. The second-order valence-corrected chi connectivity index (χ2v) is 8.05. The third-order valence-corrected chi connectivity index (χ3v) is 6.18. The summed E-state index contributed by atoms with van der Waals surface area (Å²) in [5.74, 6) is 1.74. The molecule has 116 valence electrons. The Balaban J connectivity index is 1.52. The van der Waals surface area contributed by atoms with Gasteiger partial charge < -0.3 is 10.0 Å². The summed E-state index contributed by atoms with van der Waals surface area (Å²) in [6, 6.07) is 4.24. The van der Waals surface area contributed by atoms with Gasteiger partial charge in [-0.25, -0.2) is 0 Å². The third kappa shape index (κ3) is 3.62. The summed E-state index contributed by atoms with van der Waals surface area (Å²) in [4.78, 5) is 18.2. The molecule has 2 saturated heterocycles. The Morgan fingerprint density at radius 2 is 1.95 bits per heavy atom. The number of aliphatic hydroxyl groups is 1. The first-order chi connectivity index (χ1) is 10.2. The fraction of sp³-hybridized carbons (Fsp3) is 0.667. The Hall–Kier alpha value is -0.560. The fourth-order valence-electron chi connectivity index (χ4n) is 2.95. The molecule has 6 heteroatoms. The van der Waals surface area contributed by atoms with Crippen molar-refractivity contribution in [3.8, 4) is 0 Å². The minimum Gasteiger partial charge on any atom is -0.380 e. The summed E-state index contributed by atoms with van der Waals surface area (Å²) in [5.41, 5.74) is -1.10. The minimum atomic E-state index is -1.10. The van der Waals surface area contributed by atoms with Crippen LogP contribution in [-0.4, -0.2) is 64.1 Å². The normalized spacial score (nSPS) is 23.2. The summed E-state index contributed by atoms with van der Waals surface area (Å²) in [6.07, 6.45) is 1.21. The molecule has 0 spiro atoms. The quantitative estimate of drug-likeness (QED) is 0.917. The number of hydrogen-bond acceptors (Lipinski definition) is 5. The van der Waals surface area contributed by atoms with E-state index < -0.39 is 5.60 Å². The Morgan fingerprint density at radius 3 is 2.57 bits per heavy atom. The van der Waals surface area contributed by atoms with Crippen LogP contribution in [0.3, 0.4) is 0 Å². The van der Waals surface area contributed by atoms with Crippen LogP contribution >= 0.6 is 23.1 Å². The fourth-order valence-corrected chi connectivity index (χ4v) is 4.86. The Labute approximate surface area is 134 Å². The molecule has 2 aliphatic rings. The van der Waals surface area contributed by atoms with Crippen LogP contribution in [0.1, 0.15) is 17.7 Å². The topological polar surface area (TPSA) is 43.8 Å². The summed E-state index contributed by atoms with van der Waals surface area (Å²) in [6.45, 7) is 4.24. The van der Waals surface area contributed by atoms with E-state index in [4.69, 9.17) is 0 Å². The van der Waals surface area contributed by atoms with Crippen molar-refractivity contribution in [3.05, 3.63) is 22.4 Å². The number of piperazine rings is 1. The second-order valence-electron chi connectivity index (χ2n) is 5.79. The number of rotatable bonds is 3. The molecule has 4 nitrogen and oxygen atoms in total. The maximum atomic E-state index is 12.5. The number of thiophene rings is 1. The van der Waals surface area contributed by atoms with E-state index in [0.29, 0.717) is 12.8 Å². The lowest BCUT2D eigenvalue weighted by molar-refractivity contribution is -0.154. The molecule has 0 radical (unpaired) electrons. The lowest BCUT2D eigenvalue weighted by atomic mass is 9.94. The monoisotopic (exact) mass is 326 g/mol. The molecule has 2 fully saturated rings. The highest BCUT2D eigenvalue weighted by Gasteiger charge is 2.40. The maximum Gasteiger partial charge on any atom is 0.254 e. The van der Waals surface area contributed by atoms with Gasteiger partial charge in [-0.2, -0.15) is 11.8 Å². The van der Waals surface area contributed by atoms with Crippen LogP contribution < -0.4 is 0 Å². The van der Waals surface area contributed by atoms with Gasteiger partial charge in [0.05, 0.1) is 0 Å². The van der Waals surface area contributed by atoms with Crippen molar-refractivity contribution in [1.29, 1.82) is 0 Å². The highest BCUT2D eigenvalue weighted by Crippen LogP contribution is 2.29. The number of thioether (sulfide) groups is 1. The van der Waals surface area contributed by atoms with E-state index >= 15 is 0 Å². The second kappa shape index (κ2) is 6.69. The van der Waals surface area contributed by atoms with Gasteiger partial charge >= 0.3 is 0 Å². The van der Waals surface area contributed by atoms with Crippen LogP contribution in [-0.2, 0) is 11.3 Å². The van der Waals surface area contributed by atoms with Crippen molar-refractivity contribution in [1.82, 2.24) is 9.80 Å². The summed E-state index contributed by atoms with van der Waals surface area (Å²) in [7, 11) is 0. The van der Waals surface area contributed by atoms with Gasteiger partial charge in [0.2, 0.25) is 0 Å². The molecule has 0 bridgehead atoms. The number of nitrogens with zero attached hydrogens (tertiary/aromatic N) is 2. The van der Waals surface area contributed by atoms with E-state index in [9.17, 15) is 9.90 Å². The molecule has 0 aliphatic carbocycles. The van der Waals surface area contributed by atoms with Gasteiger partial charge in [0.1, 0.15) is 5.60 Å². The van der Waals surface area contributed by atoms with E-state index in [2.05, 4.69) is 22.4 Å². The third-order valence-electron chi connectivity index (χ3n) is 4.34. The molecule has 1 amide bonds. The zero-order valence-corrected chi connectivity index (χ0v) is 13.8. The van der Waals surface area contributed by atoms with E-state index in [-0.39, 0.29) is 5.91 Å². The maximum absolute atomic E-state index is 12.5. The molecule has 1 aromatic rings. The molecular weight excluding hydrogens is 304 g/mol. The molecule has 1 N–H and O–H groups in total. The number of hydrogen-bond donors (Lipinski definition) is 1. The van der Waals surface area contributed by atoms with Crippen LogP contribution in [0.15, 0.2) is 17.5 Å². The van der Waals surface area contributed by atoms with Gasteiger partial charge in [0, 0.05) is 37.6 Å². The molecule has 1 aromatic heterocycles. The first kappa shape index (κ1) is 15.3. The van der Waals surface area contributed by atoms with Crippen molar-refractivity contribution in [2.75, 3.05) is 37.7 Å². The van der Waals surface area contributed by atoms with Crippen molar-refractivity contribution in [2.24, 2.45) is 0 Å². The minimum absolute atomic E-state index is 0.0430. The largest absolute Gasteiger partial charge is 0.380 e. The van der Waals surface area contributed by atoms with Gasteiger partial charge in [-0.05, 0) is 35.8 Å². The van der Waals surface area contributed by atoms with E-state index in [1.807, 2.05) is 16.7 Å². The summed E-state index contributed by atoms with van der Waals surface area (Å²) >= 11 is 3.61. The molecule has 2 aliphatic heterocycles. The molecule has 0 saturated carbocycles. The Morgan fingerprint density at radius 1 is 1.24 bits per heavy atom. The van der Waals surface area contributed by atoms with Crippen LogP contribution in [0.2, 0.25) is 0 Å². The first-order valence-corrected chi connectivity index (χ1v) is 9.55. The average Bonchev–Trinajstić information content (AvgIpc) is 3.01. The van der Waals surface area contributed by atoms with Crippen molar-refractivity contribution < 1.29 is 9.90 Å². The molecule has 0 aromatic carbocycles. The Bertz CT molecular complexity index is 464. The lowest BCUT2D eigenvalue weighted by Crippen LogP contribution is -2.56. The van der Waals surface area contributed by atoms with Gasteiger partial charge in [-0.15, -0.1) is 11.3 Å². The van der Waals surface area contributed by atoms with Crippen LogP contribution in [0.5, 0.6) is 0 Å². The average molecular weight is 326 g/mol. The highest BCUT2D eigenvalue weighted by atomic mass is 32.2. The molecule has 21 heavy (non-hydrogen) atoms. The number of carbonyl (C=O) groups excluding carboxylic acids is 1. The van der Waals surface area contributed by atoms with E-state index in [0.717, 1.165) is 44.2 Å². The van der Waals surface area contributed by atoms with Crippen molar-refractivity contribution in [3.63, 3.8) is 0 Å². The zero-order chi connectivity index (χ0) is 14.7. The predicted octanol–water partition coefficient (Wildman–Crippen LogP) is 1.65. The van der Waals surface area contributed by atoms with Crippen molar-refractivity contribution in [2.45, 2.75) is 25.0 Å².